The standard InChI is InChI=1S/C20H23N7O3S/c1-13-7-16(22-9-14(13)27-20(2)10-30-11-20)25-17-8-18(24-12-23-17)26-19-15(31(3,28)29)5-4-6-21-19/h4-9,12,27H,10-11H2,1-3H3,(H2,21,22,23,24,25,26). The fourth-order valence-electron chi connectivity index (χ4n) is 3.09. The molecular weight excluding hydrogens is 418 g/mol. The van der Waals surface area contributed by atoms with Crippen LogP contribution in [0.1, 0.15) is 12.5 Å². The van der Waals surface area contributed by atoms with Crippen molar-refractivity contribution >= 4 is 38.8 Å². The van der Waals surface area contributed by atoms with Gasteiger partial charge in [-0.2, -0.15) is 0 Å². The Morgan fingerprint density at radius 1 is 1.03 bits per heavy atom. The summed E-state index contributed by atoms with van der Waals surface area (Å²) in [6.07, 6.45) is 5.78. The van der Waals surface area contributed by atoms with Crippen LogP contribution in [0, 0.1) is 6.92 Å². The molecule has 0 spiro atoms. The minimum Gasteiger partial charge on any atom is -0.376 e. The summed E-state index contributed by atoms with van der Waals surface area (Å²) >= 11 is 0. The van der Waals surface area contributed by atoms with E-state index in [1.807, 2.05) is 13.0 Å². The molecule has 3 aromatic heterocycles. The Hall–Kier alpha value is -3.31. The molecule has 0 saturated carbocycles. The van der Waals surface area contributed by atoms with Crippen molar-refractivity contribution in [3.63, 3.8) is 0 Å². The summed E-state index contributed by atoms with van der Waals surface area (Å²) in [7, 11) is -3.44. The van der Waals surface area contributed by atoms with Crippen molar-refractivity contribution in [2.24, 2.45) is 0 Å². The molecule has 1 aliphatic rings. The van der Waals surface area contributed by atoms with E-state index in [4.69, 9.17) is 4.74 Å². The molecule has 31 heavy (non-hydrogen) atoms. The first kappa shape index (κ1) is 20.9. The van der Waals surface area contributed by atoms with Crippen molar-refractivity contribution in [2.75, 3.05) is 35.4 Å². The number of ether oxygens (including phenoxy) is 1. The lowest BCUT2D eigenvalue weighted by molar-refractivity contribution is -0.0318. The Kier molecular flexibility index (Phi) is 5.46. The smallest absolute Gasteiger partial charge is 0.179 e. The molecule has 0 unspecified atom stereocenters. The van der Waals surface area contributed by atoms with Gasteiger partial charge in [-0.05, 0) is 37.6 Å². The minimum atomic E-state index is -3.44. The highest BCUT2D eigenvalue weighted by Crippen LogP contribution is 2.27. The molecule has 3 aromatic rings. The Morgan fingerprint density at radius 2 is 1.74 bits per heavy atom. The van der Waals surface area contributed by atoms with Crippen molar-refractivity contribution in [3.05, 3.63) is 48.5 Å². The highest BCUT2D eigenvalue weighted by molar-refractivity contribution is 7.90. The van der Waals surface area contributed by atoms with Gasteiger partial charge in [0.1, 0.15) is 34.5 Å². The number of aryl methyl sites for hydroxylation is 1. The molecule has 10 nitrogen and oxygen atoms in total. The molecule has 1 aliphatic heterocycles. The van der Waals surface area contributed by atoms with E-state index in [1.165, 1.54) is 18.6 Å². The maximum atomic E-state index is 12.0. The van der Waals surface area contributed by atoms with E-state index in [0.29, 0.717) is 30.7 Å². The molecule has 0 radical (unpaired) electrons. The number of aromatic nitrogens is 4. The quantitative estimate of drug-likeness (QED) is 0.503. The van der Waals surface area contributed by atoms with Gasteiger partial charge in [-0.1, -0.05) is 0 Å². The summed E-state index contributed by atoms with van der Waals surface area (Å²) in [4.78, 5) is 17.0. The van der Waals surface area contributed by atoms with E-state index >= 15 is 0 Å². The van der Waals surface area contributed by atoms with Gasteiger partial charge in [0, 0.05) is 18.5 Å². The van der Waals surface area contributed by atoms with E-state index in [2.05, 4.69) is 42.8 Å². The number of nitrogens with one attached hydrogen (secondary N) is 3. The Balaban J connectivity index is 1.50. The Morgan fingerprint density at radius 3 is 2.39 bits per heavy atom. The van der Waals surface area contributed by atoms with Crippen molar-refractivity contribution in [2.45, 2.75) is 24.3 Å². The summed E-state index contributed by atoms with van der Waals surface area (Å²) in [5, 5.41) is 9.54. The molecule has 162 valence electrons. The minimum absolute atomic E-state index is 0.0646. The highest BCUT2D eigenvalue weighted by atomic mass is 32.2. The zero-order chi connectivity index (χ0) is 22.1. The molecule has 4 heterocycles. The Bertz CT molecular complexity index is 1210. The normalized spacial score (nSPS) is 15.1. The van der Waals surface area contributed by atoms with Crippen LogP contribution >= 0.6 is 0 Å². The predicted molar refractivity (Wildman–Crippen MR) is 118 cm³/mol. The van der Waals surface area contributed by atoms with Gasteiger partial charge in [-0.25, -0.2) is 28.4 Å². The van der Waals surface area contributed by atoms with Gasteiger partial charge in [-0.3, -0.25) is 0 Å². The van der Waals surface area contributed by atoms with E-state index in [1.54, 1.807) is 18.3 Å². The van der Waals surface area contributed by atoms with E-state index in [-0.39, 0.29) is 16.3 Å². The van der Waals surface area contributed by atoms with Crippen LogP contribution in [0.2, 0.25) is 0 Å². The zero-order valence-electron chi connectivity index (χ0n) is 17.4. The van der Waals surface area contributed by atoms with Gasteiger partial charge < -0.3 is 20.7 Å². The van der Waals surface area contributed by atoms with Crippen molar-refractivity contribution < 1.29 is 13.2 Å². The number of nitrogens with zero attached hydrogens (tertiary/aromatic N) is 4. The lowest BCUT2D eigenvalue weighted by atomic mass is 10.00. The van der Waals surface area contributed by atoms with E-state index in [9.17, 15) is 8.42 Å². The molecule has 1 fully saturated rings. The number of pyridine rings is 2. The average Bonchev–Trinajstić information content (AvgIpc) is 2.69. The fraction of sp³-hybridized carbons (Fsp3) is 0.300. The second kappa shape index (κ2) is 8.08. The fourth-order valence-corrected chi connectivity index (χ4v) is 3.87. The van der Waals surface area contributed by atoms with Crippen LogP contribution in [-0.2, 0) is 14.6 Å². The topological polar surface area (TPSA) is 131 Å². The molecule has 0 amide bonds. The molecule has 11 heteroatoms. The summed E-state index contributed by atoms with van der Waals surface area (Å²) in [6, 6.07) is 6.63. The summed E-state index contributed by atoms with van der Waals surface area (Å²) in [6.45, 7) is 5.44. The van der Waals surface area contributed by atoms with Crippen molar-refractivity contribution in [3.8, 4) is 0 Å². The molecule has 0 atom stereocenters. The lowest BCUT2D eigenvalue weighted by Gasteiger charge is -2.39. The van der Waals surface area contributed by atoms with Crippen LogP contribution in [0.3, 0.4) is 0 Å². The number of hydrogen-bond donors (Lipinski definition) is 3. The SMILES string of the molecule is Cc1cc(Nc2cc(Nc3ncccc3S(C)(=O)=O)ncn2)ncc1NC1(C)COC1. The second-order valence-electron chi connectivity index (χ2n) is 7.72. The van der Waals surface area contributed by atoms with Crippen molar-refractivity contribution in [1.82, 2.24) is 19.9 Å². The molecule has 1 saturated heterocycles. The van der Waals surface area contributed by atoms with Gasteiger partial charge in [0.25, 0.3) is 0 Å². The lowest BCUT2D eigenvalue weighted by Crippen LogP contribution is -2.53. The van der Waals surface area contributed by atoms with Gasteiger partial charge in [0.05, 0.1) is 30.6 Å². The molecule has 0 aliphatic carbocycles. The van der Waals surface area contributed by atoms with E-state index in [0.717, 1.165) is 17.5 Å². The highest BCUT2D eigenvalue weighted by Gasteiger charge is 2.33. The number of anilines is 5. The third-order valence-electron chi connectivity index (χ3n) is 4.73. The molecule has 4 rings (SSSR count). The molecule has 3 N–H and O–H groups in total. The van der Waals surface area contributed by atoms with Crippen LogP contribution in [0.4, 0.5) is 29.0 Å². The number of hydrogen-bond acceptors (Lipinski definition) is 10. The van der Waals surface area contributed by atoms with E-state index < -0.39 is 9.84 Å². The van der Waals surface area contributed by atoms with Crippen molar-refractivity contribution in [1.29, 1.82) is 0 Å². The van der Waals surface area contributed by atoms with Gasteiger partial charge in [0.15, 0.2) is 9.84 Å². The first-order valence-corrected chi connectivity index (χ1v) is 11.4. The van der Waals surface area contributed by atoms with Gasteiger partial charge in [0.2, 0.25) is 0 Å². The molecule has 0 aromatic carbocycles. The summed E-state index contributed by atoms with van der Waals surface area (Å²) in [5.41, 5.74) is 1.92. The van der Waals surface area contributed by atoms with Crippen LogP contribution in [-0.4, -0.2) is 53.4 Å². The van der Waals surface area contributed by atoms with Crippen LogP contribution in [0.25, 0.3) is 0 Å². The zero-order valence-corrected chi connectivity index (χ0v) is 18.2. The predicted octanol–water partition coefficient (Wildman–Crippen LogP) is 2.67. The first-order chi connectivity index (χ1) is 14.7. The third-order valence-corrected chi connectivity index (χ3v) is 5.86. The third kappa shape index (κ3) is 4.89. The maximum absolute atomic E-state index is 12.0. The largest absolute Gasteiger partial charge is 0.376 e. The summed E-state index contributed by atoms with van der Waals surface area (Å²) < 4.78 is 29.2. The molecule has 0 bridgehead atoms. The van der Waals surface area contributed by atoms with Gasteiger partial charge >= 0.3 is 0 Å². The summed E-state index contributed by atoms with van der Waals surface area (Å²) in [5.74, 6) is 1.72. The second-order valence-corrected chi connectivity index (χ2v) is 9.71. The van der Waals surface area contributed by atoms with Crippen LogP contribution < -0.4 is 16.0 Å². The average molecular weight is 442 g/mol. The molecular formula is C20H23N7O3S. The van der Waals surface area contributed by atoms with Gasteiger partial charge in [-0.15, -0.1) is 0 Å². The van der Waals surface area contributed by atoms with Crippen LogP contribution in [0.15, 0.2) is 47.9 Å². The van der Waals surface area contributed by atoms with Crippen LogP contribution in [0.5, 0.6) is 0 Å². The monoisotopic (exact) mass is 441 g/mol. The number of sulfone groups is 1. The first-order valence-electron chi connectivity index (χ1n) is 9.56. The number of rotatable bonds is 7. The Labute approximate surface area is 180 Å². The maximum Gasteiger partial charge on any atom is 0.179 e.